The number of H-pyrrole nitrogens is 1. The summed E-state index contributed by atoms with van der Waals surface area (Å²) in [4.78, 5) is 18.9. The molecular weight excluding hydrogens is 236 g/mol. The average molecular weight is 249 g/mol. The Morgan fingerprint density at radius 1 is 1.35 bits per heavy atom. The van der Waals surface area contributed by atoms with E-state index in [1.807, 2.05) is 13.8 Å². The van der Waals surface area contributed by atoms with Crippen LogP contribution in [0.4, 0.5) is 0 Å². The third-order valence-corrected chi connectivity index (χ3v) is 2.96. The molecule has 0 bridgehead atoms. The number of aromatic amines is 1. The summed E-state index contributed by atoms with van der Waals surface area (Å²) in [5, 5.41) is 0.601. The number of Topliss-reactive ketones (excluding diaryl/α,β-unsaturated/α-hetero) is 1. The topological polar surface area (TPSA) is 45.8 Å². The van der Waals surface area contributed by atoms with Gasteiger partial charge in [-0.05, 0) is 39.0 Å². The number of imidazole rings is 1. The summed E-state index contributed by atoms with van der Waals surface area (Å²) in [5.74, 6) is 0.856. The third kappa shape index (κ3) is 2.24. The number of carbonyl (C=O) groups excluding carboxylic acids is 1. The highest BCUT2D eigenvalue weighted by Crippen LogP contribution is 2.29. The largest absolute Gasteiger partial charge is 0.346 e. The summed E-state index contributed by atoms with van der Waals surface area (Å²) in [7, 11) is 0. The lowest BCUT2D eigenvalue weighted by Crippen LogP contribution is -1.93. The zero-order valence-electron chi connectivity index (χ0n) is 9.97. The Labute approximate surface area is 105 Å². The average Bonchev–Trinajstić information content (AvgIpc) is 2.58. The van der Waals surface area contributed by atoms with Crippen LogP contribution in [0.3, 0.4) is 0 Å². The predicted octanol–water partition coefficient (Wildman–Crippen LogP) is 3.55. The Balaban J connectivity index is 2.62. The second-order valence-corrected chi connectivity index (χ2v) is 4.45. The van der Waals surface area contributed by atoms with Crippen LogP contribution in [0, 0.1) is 13.8 Å². The summed E-state index contributed by atoms with van der Waals surface area (Å²) < 4.78 is 0. The van der Waals surface area contributed by atoms with E-state index in [4.69, 9.17) is 11.6 Å². The molecule has 2 rings (SSSR count). The number of carbonyl (C=O) groups is 1. The maximum absolute atomic E-state index is 11.4. The molecule has 0 amide bonds. The molecule has 1 heterocycles. The molecule has 1 aromatic carbocycles. The summed E-state index contributed by atoms with van der Waals surface area (Å²) >= 11 is 6.15. The quantitative estimate of drug-likeness (QED) is 0.826. The van der Waals surface area contributed by atoms with Gasteiger partial charge in [0, 0.05) is 16.8 Å². The van der Waals surface area contributed by atoms with E-state index >= 15 is 0 Å². The number of aromatic nitrogens is 2. The molecule has 0 aliphatic heterocycles. The Morgan fingerprint density at radius 3 is 2.59 bits per heavy atom. The molecular formula is C13H13ClN2O. The monoisotopic (exact) mass is 248 g/mol. The molecule has 4 heteroatoms. The van der Waals surface area contributed by atoms with Crippen LogP contribution < -0.4 is 0 Å². The molecule has 0 aliphatic carbocycles. The molecule has 0 radical (unpaired) electrons. The van der Waals surface area contributed by atoms with Crippen molar-refractivity contribution in [3.8, 4) is 11.3 Å². The summed E-state index contributed by atoms with van der Waals surface area (Å²) in [6, 6.07) is 5.24. The van der Waals surface area contributed by atoms with Gasteiger partial charge in [-0.3, -0.25) is 4.79 Å². The van der Waals surface area contributed by atoms with E-state index in [2.05, 4.69) is 9.97 Å². The Bertz CT molecular complexity index is 587. The lowest BCUT2D eigenvalue weighted by atomic mass is 10.0. The molecule has 88 valence electrons. The minimum absolute atomic E-state index is 0.0211. The predicted molar refractivity (Wildman–Crippen MR) is 68.5 cm³/mol. The van der Waals surface area contributed by atoms with E-state index in [9.17, 15) is 4.79 Å². The number of halogens is 1. The zero-order valence-corrected chi connectivity index (χ0v) is 10.7. The van der Waals surface area contributed by atoms with Gasteiger partial charge in [-0.25, -0.2) is 4.98 Å². The summed E-state index contributed by atoms with van der Waals surface area (Å²) in [6.45, 7) is 5.36. The van der Waals surface area contributed by atoms with Gasteiger partial charge in [0.05, 0.1) is 10.7 Å². The standard InChI is InChI=1S/C13H13ClN2O/c1-7-13(16-9(3)15-7)11-6-10(8(2)17)4-5-12(11)14/h4-6H,1-3H3,(H,15,16). The van der Waals surface area contributed by atoms with Crippen LogP contribution in [0.2, 0.25) is 5.02 Å². The molecule has 1 aromatic heterocycles. The first-order chi connectivity index (χ1) is 7.99. The minimum atomic E-state index is 0.0211. The van der Waals surface area contributed by atoms with Crippen LogP contribution in [0.25, 0.3) is 11.3 Å². The molecule has 3 nitrogen and oxygen atoms in total. The van der Waals surface area contributed by atoms with Gasteiger partial charge in [0.15, 0.2) is 5.78 Å². The van der Waals surface area contributed by atoms with Crippen molar-refractivity contribution in [2.45, 2.75) is 20.8 Å². The van der Waals surface area contributed by atoms with E-state index in [1.54, 1.807) is 18.2 Å². The molecule has 1 N–H and O–H groups in total. The fourth-order valence-corrected chi connectivity index (χ4v) is 2.01. The van der Waals surface area contributed by atoms with Gasteiger partial charge >= 0.3 is 0 Å². The fraction of sp³-hybridized carbons (Fsp3) is 0.231. The van der Waals surface area contributed by atoms with Gasteiger partial charge in [0.1, 0.15) is 5.82 Å². The van der Waals surface area contributed by atoms with E-state index in [1.165, 1.54) is 6.92 Å². The smallest absolute Gasteiger partial charge is 0.159 e. The first-order valence-electron chi connectivity index (χ1n) is 5.33. The van der Waals surface area contributed by atoms with Crippen LogP contribution in [0.15, 0.2) is 18.2 Å². The number of ketones is 1. The second kappa shape index (κ2) is 4.34. The van der Waals surface area contributed by atoms with Gasteiger partial charge in [0.2, 0.25) is 0 Å². The minimum Gasteiger partial charge on any atom is -0.346 e. The van der Waals surface area contributed by atoms with E-state index < -0.39 is 0 Å². The van der Waals surface area contributed by atoms with Gasteiger partial charge in [-0.2, -0.15) is 0 Å². The lowest BCUT2D eigenvalue weighted by Gasteiger charge is -2.04. The zero-order chi connectivity index (χ0) is 12.6. The number of aryl methyl sites for hydroxylation is 2. The van der Waals surface area contributed by atoms with Crippen molar-refractivity contribution >= 4 is 17.4 Å². The molecule has 0 aliphatic rings. The van der Waals surface area contributed by atoms with Gasteiger partial charge in [-0.15, -0.1) is 0 Å². The summed E-state index contributed by atoms with van der Waals surface area (Å²) in [5.41, 5.74) is 3.19. The molecule has 0 saturated carbocycles. The molecule has 2 aromatic rings. The fourth-order valence-electron chi connectivity index (χ4n) is 1.80. The van der Waals surface area contributed by atoms with E-state index in [0.29, 0.717) is 10.6 Å². The van der Waals surface area contributed by atoms with Crippen molar-refractivity contribution in [2.24, 2.45) is 0 Å². The van der Waals surface area contributed by atoms with Crippen molar-refractivity contribution < 1.29 is 4.79 Å². The number of benzene rings is 1. The Morgan fingerprint density at radius 2 is 2.06 bits per heavy atom. The number of rotatable bonds is 2. The summed E-state index contributed by atoms with van der Waals surface area (Å²) in [6.07, 6.45) is 0. The maximum Gasteiger partial charge on any atom is 0.159 e. The second-order valence-electron chi connectivity index (χ2n) is 4.05. The Kier molecular flexibility index (Phi) is 3.03. The first kappa shape index (κ1) is 11.9. The molecule has 0 spiro atoms. The van der Waals surface area contributed by atoms with Crippen LogP contribution in [-0.2, 0) is 0 Å². The number of hydrogen-bond acceptors (Lipinski definition) is 2. The van der Waals surface area contributed by atoms with Crippen molar-refractivity contribution in [3.05, 3.63) is 40.3 Å². The van der Waals surface area contributed by atoms with Gasteiger partial charge in [0.25, 0.3) is 0 Å². The molecule has 17 heavy (non-hydrogen) atoms. The van der Waals surface area contributed by atoms with Crippen molar-refractivity contribution in [3.63, 3.8) is 0 Å². The van der Waals surface area contributed by atoms with Crippen LogP contribution in [0.1, 0.15) is 28.8 Å². The normalized spacial score (nSPS) is 10.6. The molecule has 0 atom stereocenters. The third-order valence-electron chi connectivity index (χ3n) is 2.63. The molecule has 0 unspecified atom stereocenters. The van der Waals surface area contributed by atoms with Crippen molar-refractivity contribution in [1.29, 1.82) is 0 Å². The van der Waals surface area contributed by atoms with E-state index in [0.717, 1.165) is 22.8 Å². The lowest BCUT2D eigenvalue weighted by molar-refractivity contribution is 0.101. The maximum atomic E-state index is 11.4. The highest BCUT2D eigenvalue weighted by Gasteiger charge is 2.12. The Hall–Kier alpha value is -1.61. The molecule has 0 saturated heterocycles. The van der Waals surface area contributed by atoms with Crippen molar-refractivity contribution in [2.75, 3.05) is 0 Å². The van der Waals surface area contributed by atoms with Gasteiger partial charge in [-0.1, -0.05) is 11.6 Å². The number of hydrogen-bond donors (Lipinski definition) is 1. The highest BCUT2D eigenvalue weighted by molar-refractivity contribution is 6.33. The van der Waals surface area contributed by atoms with E-state index in [-0.39, 0.29) is 5.78 Å². The van der Waals surface area contributed by atoms with Crippen molar-refractivity contribution in [1.82, 2.24) is 9.97 Å². The van der Waals surface area contributed by atoms with Crippen LogP contribution in [-0.4, -0.2) is 15.8 Å². The SMILES string of the molecule is CC(=O)c1ccc(Cl)c(-c2nc(C)[nH]c2C)c1. The highest BCUT2D eigenvalue weighted by atomic mass is 35.5. The molecule has 0 fully saturated rings. The van der Waals surface area contributed by atoms with Crippen LogP contribution >= 0.6 is 11.6 Å². The number of nitrogens with zero attached hydrogens (tertiary/aromatic N) is 1. The number of nitrogens with one attached hydrogen (secondary N) is 1. The van der Waals surface area contributed by atoms with Crippen LogP contribution in [0.5, 0.6) is 0 Å². The first-order valence-corrected chi connectivity index (χ1v) is 5.71. The van der Waals surface area contributed by atoms with Gasteiger partial charge < -0.3 is 4.98 Å².